The molecule has 0 radical (unpaired) electrons. The number of Topliss-reactive ketones (excluding diaryl/α,β-unsaturated/α-hetero) is 1. The lowest BCUT2D eigenvalue weighted by atomic mass is 10.0. The normalized spacial score (nSPS) is 16.2. The molecule has 0 aromatic heterocycles. The number of rotatable bonds is 5. The van der Waals surface area contributed by atoms with Crippen molar-refractivity contribution in [3.8, 4) is 0 Å². The summed E-state index contributed by atoms with van der Waals surface area (Å²) in [6, 6.07) is 13.5. The van der Waals surface area contributed by atoms with Crippen LogP contribution >= 0.6 is 11.6 Å². The van der Waals surface area contributed by atoms with Crippen LogP contribution in [-0.2, 0) is 16.4 Å². The summed E-state index contributed by atoms with van der Waals surface area (Å²) in [7, 11) is -3.56. The van der Waals surface area contributed by atoms with Crippen LogP contribution in [0.15, 0.2) is 53.4 Å². The van der Waals surface area contributed by atoms with Gasteiger partial charge in [-0.15, -0.1) is 0 Å². The van der Waals surface area contributed by atoms with E-state index in [0.29, 0.717) is 23.7 Å². The van der Waals surface area contributed by atoms with Crippen molar-refractivity contribution >= 4 is 27.4 Å². The predicted octanol–water partition coefficient (Wildman–Crippen LogP) is 4.33. The zero-order valence-corrected chi connectivity index (χ0v) is 16.1. The third kappa shape index (κ3) is 4.53. The number of carbonyl (C=O) groups is 1. The van der Waals surface area contributed by atoms with Gasteiger partial charge < -0.3 is 0 Å². The van der Waals surface area contributed by atoms with Gasteiger partial charge >= 0.3 is 0 Å². The number of hydrogen-bond acceptors (Lipinski definition) is 3. The number of carbonyl (C=O) groups excluding carboxylic acids is 1. The second-order valence-corrected chi connectivity index (χ2v) is 8.95. The van der Waals surface area contributed by atoms with Crippen LogP contribution in [0.3, 0.4) is 0 Å². The third-order valence-electron chi connectivity index (χ3n) is 4.64. The number of ketones is 1. The molecule has 1 heterocycles. The first-order valence-corrected chi connectivity index (χ1v) is 10.7. The third-order valence-corrected chi connectivity index (χ3v) is 6.78. The Bertz CT molecular complexity index is 870. The van der Waals surface area contributed by atoms with Gasteiger partial charge in [0.15, 0.2) is 5.78 Å². The summed E-state index contributed by atoms with van der Waals surface area (Å²) in [4.78, 5) is 12.8. The Hall–Kier alpha value is -1.69. The maximum absolute atomic E-state index is 12.9. The molecule has 1 aliphatic heterocycles. The van der Waals surface area contributed by atoms with Gasteiger partial charge in [-0.1, -0.05) is 48.7 Å². The first-order chi connectivity index (χ1) is 12.5. The van der Waals surface area contributed by atoms with Crippen LogP contribution in [0.1, 0.15) is 41.6 Å². The van der Waals surface area contributed by atoms with Crippen LogP contribution in [0.5, 0.6) is 0 Å². The average Bonchev–Trinajstić information content (AvgIpc) is 2.94. The second-order valence-electron chi connectivity index (χ2n) is 6.57. The fraction of sp³-hybridized carbons (Fsp3) is 0.350. The number of hydrogen-bond donors (Lipinski definition) is 0. The van der Waals surface area contributed by atoms with Crippen molar-refractivity contribution in [2.45, 2.75) is 37.0 Å². The van der Waals surface area contributed by atoms with E-state index < -0.39 is 10.0 Å². The van der Waals surface area contributed by atoms with Gasteiger partial charge in [0, 0.05) is 30.1 Å². The van der Waals surface area contributed by atoms with Gasteiger partial charge in [0.2, 0.25) is 10.0 Å². The molecule has 3 rings (SSSR count). The minimum absolute atomic E-state index is 0.111. The Labute approximate surface area is 159 Å². The molecule has 0 saturated carbocycles. The molecule has 6 heteroatoms. The lowest BCUT2D eigenvalue weighted by Crippen LogP contribution is -2.32. The summed E-state index contributed by atoms with van der Waals surface area (Å²) in [5, 5.41) is 0.617. The Morgan fingerprint density at radius 2 is 1.62 bits per heavy atom. The van der Waals surface area contributed by atoms with E-state index in [1.807, 2.05) is 0 Å². The van der Waals surface area contributed by atoms with Gasteiger partial charge in [-0.3, -0.25) is 4.79 Å². The van der Waals surface area contributed by atoms with Gasteiger partial charge in [0.1, 0.15) is 0 Å². The molecule has 0 aliphatic carbocycles. The first kappa shape index (κ1) is 19.1. The average molecular weight is 392 g/mol. The van der Waals surface area contributed by atoms with Crippen molar-refractivity contribution in [1.82, 2.24) is 4.31 Å². The highest BCUT2D eigenvalue weighted by molar-refractivity contribution is 7.89. The van der Waals surface area contributed by atoms with Crippen molar-refractivity contribution in [3.63, 3.8) is 0 Å². The zero-order valence-electron chi connectivity index (χ0n) is 14.5. The van der Waals surface area contributed by atoms with Crippen LogP contribution in [0.25, 0.3) is 0 Å². The van der Waals surface area contributed by atoms with E-state index >= 15 is 0 Å². The summed E-state index contributed by atoms with van der Waals surface area (Å²) in [6.07, 6.45) is 4.10. The fourth-order valence-corrected chi connectivity index (χ4v) is 4.84. The Morgan fingerprint density at radius 3 is 2.27 bits per heavy atom. The molecular weight excluding hydrogens is 370 g/mol. The maximum Gasteiger partial charge on any atom is 0.243 e. The Morgan fingerprint density at radius 1 is 0.962 bits per heavy atom. The largest absolute Gasteiger partial charge is 0.294 e. The molecule has 0 N–H and O–H groups in total. The van der Waals surface area contributed by atoms with E-state index in [4.69, 9.17) is 11.6 Å². The Kier molecular flexibility index (Phi) is 6.12. The maximum atomic E-state index is 12.9. The molecule has 26 heavy (non-hydrogen) atoms. The van der Waals surface area contributed by atoms with E-state index in [0.717, 1.165) is 31.2 Å². The van der Waals surface area contributed by atoms with Gasteiger partial charge in [-0.05, 0) is 42.7 Å². The molecule has 1 fully saturated rings. The number of benzene rings is 2. The van der Waals surface area contributed by atoms with Gasteiger partial charge in [0.05, 0.1) is 4.90 Å². The molecule has 2 aromatic rings. The summed E-state index contributed by atoms with van der Waals surface area (Å²) < 4.78 is 27.4. The molecule has 2 aromatic carbocycles. The highest BCUT2D eigenvalue weighted by atomic mass is 35.5. The molecular formula is C20H22ClNO3S. The van der Waals surface area contributed by atoms with Crippen molar-refractivity contribution in [2.75, 3.05) is 13.1 Å². The molecule has 0 atom stereocenters. The molecule has 1 aliphatic rings. The van der Waals surface area contributed by atoms with Crippen molar-refractivity contribution < 1.29 is 13.2 Å². The number of sulfonamides is 1. The lowest BCUT2D eigenvalue weighted by molar-refractivity contribution is 0.0993. The van der Waals surface area contributed by atoms with E-state index in [2.05, 4.69) is 0 Å². The highest BCUT2D eigenvalue weighted by Crippen LogP contribution is 2.22. The Balaban J connectivity index is 1.80. The molecule has 0 spiro atoms. The van der Waals surface area contributed by atoms with Crippen LogP contribution in [0, 0.1) is 0 Å². The molecule has 1 saturated heterocycles. The van der Waals surface area contributed by atoms with E-state index in [1.165, 1.54) is 6.07 Å². The predicted molar refractivity (Wildman–Crippen MR) is 103 cm³/mol. The van der Waals surface area contributed by atoms with Crippen LogP contribution in [0.4, 0.5) is 0 Å². The van der Waals surface area contributed by atoms with Crippen molar-refractivity contribution in [3.05, 3.63) is 64.7 Å². The van der Waals surface area contributed by atoms with Crippen LogP contribution < -0.4 is 0 Å². The molecule has 0 bridgehead atoms. The number of nitrogens with zero attached hydrogens (tertiary/aromatic N) is 1. The quantitative estimate of drug-likeness (QED) is 0.713. The lowest BCUT2D eigenvalue weighted by Gasteiger charge is -2.20. The standard InChI is InChI=1S/C20H22ClNO3S/c21-18-10-8-16(9-11-18)14-20(23)17-6-5-7-19(15-17)26(24,25)22-12-3-1-2-4-13-22/h5-11,15H,1-4,12-14H2. The number of halogens is 1. The molecule has 4 nitrogen and oxygen atoms in total. The van der Waals surface area contributed by atoms with E-state index in [1.54, 1.807) is 46.8 Å². The monoisotopic (exact) mass is 391 g/mol. The summed E-state index contributed by atoms with van der Waals surface area (Å²) >= 11 is 5.87. The molecule has 0 amide bonds. The fourth-order valence-electron chi connectivity index (χ4n) is 3.15. The van der Waals surface area contributed by atoms with Crippen molar-refractivity contribution in [2.24, 2.45) is 0 Å². The van der Waals surface area contributed by atoms with Gasteiger partial charge in [-0.2, -0.15) is 4.31 Å². The summed E-state index contributed by atoms with van der Waals surface area (Å²) in [5.41, 5.74) is 1.26. The van der Waals surface area contributed by atoms with Gasteiger partial charge in [0.25, 0.3) is 0 Å². The van der Waals surface area contributed by atoms with Crippen molar-refractivity contribution in [1.29, 1.82) is 0 Å². The highest BCUT2D eigenvalue weighted by Gasteiger charge is 2.25. The van der Waals surface area contributed by atoms with E-state index in [-0.39, 0.29) is 17.1 Å². The minimum atomic E-state index is -3.56. The molecule has 0 unspecified atom stereocenters. The zero-order chi connectivity index (χ0) is 18.6. The summed E-state index contributed by atoms with van der Waals surface area (Å²) in [5.74, 6) is -0.111. The SMILES string of the molecule is O=C(Cc1ccc(Cl)cc1)c1cccc(S(=O)(=O)N2CCCCCC2)c1. The van der Waals surface area contributed by atoms with E-state index in [9.17, 15) is 13.2 Å². The second kappa shape index (κ2) is 8.33. The summed E-state index contributed by atoms with van der Waals surface area (Å²) in [6.45, 7) is 1.09. The van der Waals surface area contributed by atoms with Gasteiger partial charge in [-0.25, -0.2) is 8.42 Å². The van der Waals surface area contributed by atoms with Crippen LogP contribution in [0.2, 0.25) is 5.02 Å². The topological polar surface area (TPSA) is 54.5 Å². The smallest absolute Gasteiger partial charge is 0.243 e. The first-order valence-electron chi connectivity index (χ1n) is 8.85. The minimum Gasteiger partial charge on any atom is -0.294 e. The molecule has 138 valence electrons. The van der Waals surface area contributed by atoms with Crippen LogP contribution in [-0.4, -0.2) is 31.6 Å².